The van der Waals surface area contributed by atoms with Crippen LogP contribution in [0.15, 0.2) is 36.7 Å². The smallest absolute Gasteiger partial charge is 0.211 e. The standard InChI is InChI=1S/C20H22N8S/c1-13-3-4-17(26-19(13)27-9-7-21-8-10-27)25-18-11-15-16(12-22-18)29-20(24-15)28-14(2)5-6-23-28/h3-6,11-12,21H,7-10H2,1-2H3,(H,22,25,26). The van der Waals surface area contributed by atoms with Gasteiger partial charge in [-0.05, 0) is 31.5 Å². The molecule has 5 heterocycles. The molecule has 0 bridgehead atoms. The van der Waals surface area contributed by atoms with Crippen molar-refractivity contribution in [3.8, 4) is 5.13 Å². The van der Waals surface area contributed by atoms with Crippen molar-refractivity contribution in [2.45, 2.75) is 13.8 Å². The average molecular weight is 407 g/mol. The van der Waals surface area contributed by atoms with Gasteiger partial charge in [-0.15, -0.1) is 0 Å². The maximum Gasteiger partial charge on any atom is 0.211 e. The first-order valence-corrected chi connectivity index (χ1v) is 10.5. The predicted octanol–water partition coefficient (Wildman–Crippen LogP) is 3.04. The lowest BCUT2D eigenvalue weighted by Crippen LogP contribution is -2.44. The quantitative estimate of drug-likeness (QED) is 0.539. The van der Waals surface area contributed by atoms with Gasteiger partial charge in [0.1, 0.15) is 17.5 Å². The third-order valence-corrected chi connectivity index (χ3v) is 6.00. The van der Waals surface area contributed by atoms with Gasteiger partial charge in [0.2, 0.25) is 5.13 Å². The van der Waals surface area contributed by atoms with Crippen LogP contribution in [0, 0.1) is 13.8 Å². The summed E-state index contributed by atoms with van der Waals surface area (Å²) in [6.07, 6.45) is 3.63. The summed E-state index contributed by atoms with van der Waals surface area (Å²) in [5, 5.41) is 11.9. The molecule has 0 saturated carbocycles. The van der Waals surface area contributed by atoms with Crippen molar-refractivity contribution in [1.82, 2.24) is 30.0 Å². The third kappa shape index (κ3) is 3.54. The molecule has 1 aliphatic heterocycles. The van der Waals surface area contributed by atoms with Crippen LogP contribution in [0.3, 0.4) is 0 Å². The first-order valence-electron chi connectivity index (χ1n) is 9.65. The molecule has 29 heavy (non-hydrogen) atoms. The summed E-state index contributed by atoms with van der Waals surface area (Å²) >= 11 is 1.58. The second-order valence-corrected chi connectivity index (χ2v) is 8.13. The van der Waals surface area contributed by atoms with Crippen molar-refractivity contribution in [2.24, 2.45) is 0 Å². The van der Waals surface area contributed by atoms with Crippen molar-refractivity contribution in [2.75, 3.05) is 36.4 Å². The molecule has 0 atom stereocenters. The van der Waals surface area contributed by atoms with Crippen LogP contribution in [0.2, 0.25) is 0 Å². The zero-order valence-corrected chi connectivity index (χ0v) is 17.2. The van der Waals surface area contributed by atoms with E-state index < -0.39 is 0 Å². The number of aryl methyl sites for hydroxylation is 2. The van der Waals surface area contributed by atoms with E-state index in [0.717, 1.165) is 64.7 Å². The molecule has 0 spiro atoms. The van der Waals surface area contributed by atoms with Gasteiger partial charge in [0.15, 0.2) is 0 Å². The highest BCUT2D eigenvalue weighted by molar-refractivity contribution is 7.20. The van der Waals surface area contributed by atoms with Gasteiger partial charge in [-0.25, -0.2) is 19.6 Å². The van der Waals surface area contributed by atoms with Gasteiger partial charge < -0.3 is 15.5 Å². The van der Waals surface area contributed by atoms with E-state index in [0.29, 0.717) is 0 Å². The molecule has 9 heteroatoms. The van der Waals surface area contributed by atoms with E-state index in [1.165, 1.54) is 5.56 Å². The molecule has 0 aromatic carbocycles. The molecule has 0 amide bonds. The maximum absolute atomic E-state index is 4.84. The highest BCUT2D eigenvalue weighted by atomic mass is 32.1. The minimum atomic E-state index is 0.731. The molecule has 4 aromatic heterocycles. The molecule has 4 aromatic rings. The SMILES string of the molecule is Cc1ccc(Nc2cc3nc(-n4nccc4C)sc3cn2)nc1N1CCNCC1. The number of hydrogen-bond acceptors (Lipinski definition) is 8. The van der Waals surface area contributed by atoms with E-state index >= 15 is 0 Å². The van der Waals surface area contributed by atoms with Gasteiger partial charge >= 0.3 is 0 Å². The van der Waals surface area contributed by atoms with Crippen LogP contribution >= 0.6 is 11.3 Å². The lowest BCUT2D eigenvalue weighted by Gasteiger charge is -2.29. The van der Waals surface area contributed by atoms with Crippen LogP contribution in [0.4, 0.5) is 17.5 Å². The Morgan fingerprint density at radius 1 is 1.07 bits per heavy atom. The summed E-state index contributed by atoms with van der Waals surface area (Å²) in [5.41, 5.74) is 3.13. The van der Waals surface area contributed by atoms with E-state index in [4.69, 9.17) is 9.97 Å². The topological polar surface area (TPSA) is 83.8 Å². The fraction of sp³-hybridized carbons (Fsp3) is 0.300. The van der Waals surface area contributed by atoms with Gasteiger partial charge in [-0.3, -0.25) is 0 Å². The lowest BCUT2D eigenvalue weighted by atomic mass is 10.2. The summed E-state index contributed by atoms with van der Waals surface area (Å²) in [6, 6.07) is 8.02. The first-order chi connectivity index (χ1) is 14.2. The number of fused-ring (bicyclic) bond motifs is 1. The molecule has 1 fully saturated rings. The largest absolute Gasteiger partial charge is 0.354 e. The number of anilines is 3. The molecule has 8 nitrogen and oxygen atoms in total. The number of nitrogens with one attached hydrogen (secondary N) is 2. The summed E-state index contributed by atoms with van der Waals surface area (Å²) in [5.74, 6) is 2.55. The van der Waals surface area contributed by atoms with Crippen LogP contribution < -0.4 is 15.5 Å². The summed E-state index contributed by atoms with van der Waals surface area (Å²) in [4.78, 5) is 16.4. The van der Waals surface area contributed by atoms with Gasteiger partial charge in [-0.1, -0.05) is 17.4 Å². The minimum Gasteiger partial charge on any atom is -0.354 e. The Balaban J connectivity index is 1.42. The molecule has 148 valence electrons. The summed E-state index contributed by atoms with van der Waals surface area (Å²) in [6.45, 7) is 8.03. The van der Waals surface area contributed by atoms with Gasteiger partial charge in [-0.2, -0.15) is 5.10 Å². The van der Waals surface area contributed by atoms with E-state index in [-0.39, 0.29) is 0 Å². The molecule has 1 saturated heterocycles. The maximum atomic E-state index is 4.84. The van der Waals surface area contributed by atoms with Gasteiger partial charge in [0.25, 0.3) is 0 Å². The van der Waals surface area contributed by atoms with E-state index in [2.05, 4.69) is 38.6 Å². The Hall–Kier alpha value is -3.04. The Morgan fingerprint density at radius 3 is 2.72 bits per heavy atom. The monoisotopic (exact) mass is 406 g/mol. The first kappa shape index (κ1) is 18.0. The third-order valence-electron chi connectivity index (χ3n) is 5.02. The number of pyridine rings is 2. The number of hydrogen-bond donors (Lipinski definition) is 2. The number of thiazole rings is 1. The molecule has 0 unspecified atom stereocenters. The molecule has 0 radical (unpaired) electrons. The highest BCUT2D eigenvalue weighted by Gasteiger charge is 2.15. The second kappa shape index (κ2) is 7.41. The van der Waals surface area contributed by atoms with Crippen LogP contribution in [0.1, 0.15) is 11.3 Å². The van der Waals surface area contributed by atoms with Crippen molar-refractivity contribution in [1.29, 1.82) is 0 Å². The Kier molecular flexibility index (Phi) is 4.61. The zero-order chi connectivity index (χ0) is 19.8. The summed E-state index contributed by atoms with van der Waals surface area (Å²) < 4.78 is 2.87. The Bertz CT molecular complexity index is 1160. The van der Waals surface area contributed by atoms with Crippen molar-refractivity contribution in [3.05, 3.63) is 47.9 Å². The van der Waals surface area contributed by atoms with E-state index in [9.17, 15) is 0 Å². The van der Waals surface area contributed by atoms with E-state index in [1.54, 1.807) is 17.5 Å². The van der Waals surface area contributed by atoms with Crippen molar-refractivity contribution < 1.29 is 0 Å². The Labute approximate surface area is 172 Å². The zero-order valence-electron chi connectivity index (χ0n) is 16.4. The van der Waals surface area contributed by atoms with Crippen molar-refractivity contribution in [3.63, 3.8) is 0 Å². The number of aromatic nitrogens is 5. The number of rotatable bonds is 4. The highest BCUT2D eigenvalue weighted by Crippen LogP contribution is 2.28. The molecular weight excluding hydrogens is 384 g/mol. The fourth-order valence-corrected chi connectivity index (χ4v) is 4.40. The van der Waals surface area contributed by atoms with Gasteiger partial charge in [0.05, 0.1) is 10.2 Å². The molecule has 1 aliphatic rings. The van der Waals surface area contributed by atoms with Crippen LogP contribution in [0.5, 0.6) is 0 Å². The second-order valence-electron chi connectivity index (χ2n) is 7.12. The van der Waals surface area contributed by atoms with Crippen molar-refractivity contribution >= 4 is 39.0 Å². The molecule has 5 rings (SSSR count). The normalized spacial score (nSPS) is 14.5. The predicted molar refractivity (Wildman–Crippen MR) is 117 cm³/mol. The van der Waals surface area contributed by atoms with Gasteiger partial charge in [0, 0.05) is 50.3 Å². The molecule has 2 N–H and O–H groups in total. The van der Waals surface area contributed by atoms with Crippen LogP contribution in [-0.4, -0.2) is 50.9 Å². The number of nitrogens with zero attached hydrogens (tertiary/aromatic N) is 6. The van der Waals surface area contributed by atoms with E-state index in [1.807, 2.05) is 36.0 Å². The molecule has 0 aliphatic carbocycles. The van der Waals surface area contributed by atoms with Crippen LogP contribution in [0.25, 0.3) is 15.3 Å². The lowest BCUT2D eigenvalue weighted by molar-refractivity contribution is 0.584. The minimum absolute atomic E-state index is 0.731. The average Bonchev–Trinajstić information content (AvgIpc) is 3.35. The number of piperazine rings is 1. The Morgan fingerprint density at radius 2 is 1.93 bits per heavy atom. The molecular formula is C20H22N8S. The summed E-state index contributed by atoms with van der Waals surface area (Å²) in [7, 11) is 0. The van der Waals surface area contributed by atoms with Crippen LogP contribution in [-0.2, 0) is 0 Å². The fourth-order valence-electron chi connectivity index (χ4n) is 3.47.